The van der Waals surface area contributed by atoms with Crippen molar-refractivity contribution in [3.05, 3.63) is 29.6 Å². The lowest BCUT2D eigenvalue weighted by molar-refractivity contribution is -0.129. The zero-order chi connectivity index (χ0) is 13.9. The van der Waals surface area contributed by atoms with Gasteiger partial charge in [-0.2, -0.15) is 0 Å². The van der Waals surface area contributed by atoms with Gasteiger partial charge in [-0.1, -0.05) is 6.07 Å². The van der Waals surface area contributed by atoms with E-state index in [0.717, 1.165) is 36.1 Å². The second kappa shape index (κ2) is 5.63. The molecule has 1 fully saturated rings. The number of benzene rings is 1. The number of H-pyrrole nitrogens is 1. The molecule has 0 spiro atoms. The number of aromatic amines is 1. The Bertz CT molecular complexity index is 615. The van der Waals surface area contributed by atoms with Crippen LogP contribution in [0.25, 0.3) is 11.0 Å². The molecular formula is C15H19N3O2. The van der Waals surface area contributed by atoms with Crippen LogP contribution in [0.3, 0.4) is 0 Å². The standard InChI is InChI=1S/C15H19N3O2/c1-10-17-12-5-4-11(9-13(12)18-10)6-7-16-15(19)14-3-2-8-20-14/h4-5,9,14H,2-3,6-8H2,1H3,(H,16,19)(H,17,18). The molecule has 1 aliphatic rings. The average Bonchev–Trinajstić information content (AvgIpc) is 3.05. The Labute approximate surface area is 117 Å². The van der Waals surface area contributed by atoms with Crippen LogP contribution in [0.1, 0.15) is 24.2 Å². The third kappa shape index (κ3) is 2.82. The summed E-state index contributed by atoms with van der Waals surface area (Å²) in [6.45, 7) is 3.28. The van der Waals surface area contributed by atoms with Crippen molar-refractivity contribution in [2.75, 3.05) is 13.2 Å². The first-order valence-corrected chi connectivity index (χ1v) is 7.07. The second-order valence-electron chi connectivity index (χ2n) is 5.22. The van der Waals surface area contributed by atoms with Crippen molar-refractivity contribution in [2.45, 2.75) is 32.3 Å². The van der Waals surface area contributed by atoms with Gasteiger partial charge in [-0.3, -0.25) is 4.79 Å². The molecule has 1 unspecified atom stereocenters. The van der Waals surface area contributed by atoms with Crippen LogP contribution >= 0.6 is 0 Å². The summed E-state index contributed by atoms with van der Waals surface area (Å²) in [7, 11) is 0. The fourth-order valence-electron chi connectivity index (χ4n) is 2.57. The van der Waals surface area contributed by atoms with Crippen LogP contribution in [0.5, 0.6) is 0 Å². The minimum Gasteiger partial charge on any atom is -0.368 e. The normalized spacial score (nSPS) is 18.6. The monoisotopic (exact) mass is 273 g/mol. The summed E-state index contributed by atoms with van der Waals surface area (Å²) in [5.41, 5.74) is 3.22. The molecule has 2 aromatic rings. The highest BCUT2D eigenvalue weighted by atomic mass is 16.5. The van der Waals surface area contributed by atoms with Crippen molar-refractivity contribution in [1.82, 2.24) is 15.3 Å². The highest BCUT2D eigenvalue weighted by molar-refractivity contribution is 5.81. The molecule has 3 rings (SSSR count). The lowest BCUT2D eigenvalue weighted by Crippen LogP contribution is -2.35. The highest BCUT2D eigenvalue weighted by Gasteiger charge is 2.22. The van der Waals surface area contributed by atoms with Crippen LogP contribution in [0.2, 0.25) is 0 Å². The van der Waals surface area contributed by atoms with E-state index in [4.69, 9.17) is 4.74 Å². The van der Waals surface area contributed by atoms with Gasteiger partial charge in [0.2, 0.25) is 5.91 Å². The number of amides is 1. The number of hydrogen-bond acceptors (Lipinski definition) is 3. The Morgan fingerprint density at radius 3 is 3.25 bits per heavy atom. The zero-order valence-electron chi connectivity index (χ0n) is 11.6. The van der Waals surface area contributed by atoms with E-state index in [1.54, 1.807) is 0 Å². The maximum atomic E-state index is 11.8. The summed E-state index contributed by atoms with van der Waals surface area (Å²) in [4.78, 5) is 19.4. The van der Waals surface area contributed by atoms with E-state index >= 15 is 0 Å². The van der Waals surface area contributed by atoms with E-state index < -0.39 is 0 Å². The summed E-state index contributed by atoms with van der Waals surface area (Å²) in [6, 6.07) is 6.16. The number of rotatable bonds is 4. The lowest BCUT2D eigenvalue weighted by atomic mass is 10.1. The van der Waals surface area contributed by atoms with E-state index in [-0.39, 0.29) is 12.0 Å². The number of carbonyl (C=O) groups excluding carboxylic acids is 1. The zero-order valence-corrected chi connectivity index (χ0v) is 11.6. The molecule has 0 saturated carbocycles. The van der Waals surface area contributed by atoms with E-state index in [0.29, 0.717) is 13.2 Å². The molecule has 106 valence electrons. The fraction of sp³-hybridized carbons (Fsp3) is 0.467. The SMILES string of the molecule is Cc1nc2ccc(CCNC(=O)C3CCCO3)cc2[nH]1. The third-order valence-electron chi connectivity index (χ3n) is 3.60. The van der Waals surface area contributed by atoms with Gasteiger partial charge in [0.15, 0.2) is 0 Å². The molecule has 1 atom stereocenters. The van der Waals surface area contributed by atoms with Gasteiger partial charge in [0.25, 0.3) is 0 Å². The number of aryl methyl sites for hydroxylation is 1. The topological polar surface area (TPSA) is 67.0 Å². The summed E-state index contributed by atoms with van der Waals surface area (Å²) in [6.07, 6.45) is 2.39. The molecule has 5 heteroatoms. The molecule has 1 saturated heterocycles. The average molecular weight is 273 g/mol. The first kappa shape index (κ1) is 13.1. The maximum Gasteiger partial charge on any atom is 0.249 e. The molecule has 1 aliphatic heterocycles. The number of nitrogens with one attached hydrogen (secondary N) is 2. The van der Waals surface area contributed by atoms with Crippen LogP contribution in [0.4, 0.5) is 0 Å². The van der Waals surface area contributed by atoms with Gasteiger partial charge in [0.05, 0.1) is 11.0 Å². The van der Waals surface area contributed by atoms with Crippen molar-refractivity contribution in [3.8, 4) is 0 Å². The van der Waals surface area contributed by atoms with Crippen LogP contribution in [0, 0.1) is 6.92 Å². The third-order valence-corrected chi connectivity index (χ3v) is 3.60. The molecule has 0 bridgehead atoms. The van der Waals surface area contributed by atoms with Crippen LogP contribution in [0.15, 0.2) is 18.2 Å². The summed E-state index contributed by atoms with van der Waals surface area (Å²) in [5.74, 6) is 0.935. The number of hydrogen-bond donors (Lipinski definition) is 2. The van der Waals surface area contributed by atoms with Gasteiger partial charge < -0.3 is 15.0 Å². The summed E-state index contributed by atoms with van der Waals surface area (Å²) < 4.78 is 5.35. The van der Waals surface area contributed by atoms with E-state index in [2.05, 4.69) is 27.4 Å². The van der Waals surface area contributed by atoms with Gasteiger partial charge in [-0.15, -0.1) is 0 Å². The number of nitrogens with zero attached hydrogens (tertiary/aromatic N) is 1. The van der Waals surface area contributed by atoms with E-state index in [9.17, 15) is 4.79 Å². The first-order chi connectivity index (χ1) is 9.72. The molecule has 5 nitrogen and oxygen atoms in total. The molecule has 20 heavy (non-hydrogen) atoms. The Balaban J connectivity index is 1.55. The summed E-state index contributed by atoms with van der Waals surface area (Å²) >= 11 is 0. The van der Waals surface area contributed by atoms with Gasteiger partial charge in [0.1, 0.15) is 11.9 Å². The highest BCUT2D eigenvalue weighted by Crippen LogP contribution is 2.14. The molecule has 1 aromatic heterocycles. The Hall–Kier alpha value is -1.88. The van der Waals surface area contributed by atoms with Gasteiger partial charge in [-0.05, 0) is 43.9 Å². The first-order valence-electron chi connectivity index (χ1n) is 7.07. The minimum atomic E-state index is -0.243. The number of carbonyl (C=O) groups is 1. The van der Waals surface area contributed by atoms with Crippen molar-refractivity contribution >= 4 is 16.9 Å². The lowest BCUT2D eigenvalue weighted by Gasteiger charge is -2.10. The molecule has 1 amide bonds. The maximum absolute atomic E-state index is 11.8. The van der Waals surface area contributed by atoms with Gasteiger partial charge >= 0.3 is 0 Å². The summed E-state index contributed by atoms with van der Waals surface area (Å²) in [5, 5.41) is 2.94. The van der Waals surface area contributed by atoms with Gasteiger partial charge in [0, 0.05) is 13.2 Å². The predicted molar refractivity (Wildman–Crippen MR) is 76.5 cm³/mol. The van der Waals surface area contributed by atoms with E-state index in [1.165, 1.54) is 5.56 Å². The molecular weight excluding hydrogens is 254 g/mol. The van der Waals surface area contributed by atoms with Crippen LogP contribution < -0.4 is 5.32 Å². The number of fused-ring (bicyclic) bond motifs is 1. The Morgan fingerprint density at radius 1 is 1.55 bits per heavy atom. The number of imidazole rings is 1. The number of ether oxygens (including phenoxy) is 1. The van der Waals surface area contributed by atoms with Crippen LogP contribution in [-0.2, 0) is 16.0 Å². The molecule has 1 aromatic carbocycles. The van der Waals surface area contributed by atoms with E-state index in [1.807, 2.05) is 13.0 Å². The smallest absolute Gasteiger partial charge is 0.249 e. The Kier molecular flexibility index (Phi) is 3.69. The van der Waals surface area contributed by atoms with Crippen molar-refractivity contribution in [3.63, 3.8) is 0 Å². The largest absolute Gasteiger partial charge is 0.368 e. The molecule has 2 N–H and O–H groups in total. The van der Waals surface area contributed by atoms with Gasteiger partial charge in [-0.25, -0.2) is 4.98 Å². The van der Waals surface area contributed by atoms with Crippen molar-refractivity contribution < 1.29 is 9.53 Å². The molecule has 0 aliphatic carbocycles. The molecule has 0 radical (unpaired) electrons. The fourth-order valence-corrected chi connectivity index (χ4v) is 2.57. The minimum absolute atomic E-state index is 0.0148. The number of aromatic nitrogens is 2. The molecule has 2 heterocycles. The van der Waals surface area contributed by atoms with Crippen LogP contribution in [-0.4, -0.2) is 35.1 Å². The van der Waals surface area contributed by atoms with Crippen molar-refractivity contribution in [2.24, 2.45) is 0 Å². The predicted octanol–water partition coefficient (Wildman–Crippen LogP) is 1.71. The van der Waals surface area contributed by atoms with Crippen molar-refractivity contribution in [1.29, 1.82) is 0 Å². The quantitative estimate of drug-likeness (QED) is 0.891. The second-order valence-corrected chi connectivity index (χ2v) is 5.22. The Morgan fingerprint density at radius 2 is 2.45 bits per heavy atom.